The van der Waals surface area contributed by atoms with Crippen molar-refractivity contribution in [2.24, 2.45) is 10.2 Å². The average molecular weight is 424 g/mol. The molecule has 3 aromatic carbocycles. The highest BCUT2D eigenvalue weighted by atomic mass is 32.2. The molecule has 0 amide bonds. The van der Waals surface area contributed by atoms with Gasteiger partial charge in [-0.1, -0.05) is 6.07 Å². The summed E-state index contributed by atoms with van der Waals surface area (Å²) in [6, 6.07) is 9.29. The van der Waals surface area contributed by atoms with E-state index in [1.165, 1.54) is 30.3 Å². The van der Waals surface area contributed by atoms with E-state index in [1.807, 2.05) is 0 Å². The lowest BCUT2D eigenvalue weighted by atomic mass is 10.1. The summed E-state index contributed by atoms with van der Waals surface area (Å²) in [6.07, 6.45) is 0. The third-order valence-corrected chi connectivity index (χ3v) is 5.41. The van der Waals surface area contributed by atoms with E-state index in [0.29, 0.717) is 6.07 Å². The van der Waals surface area contributed by atoms with Crippen LogP contribution < -0.4 is 0 Å². The summed E-state index contributed by atoms with van der Waals surface area (Å²) in [5.41, 5.74) is -0.0859. The lowest BCUT2D eigenvalue weighted by Gasteiger charge is -2.10. The molecule has 146 valence electrons. The predicted molar refractivity (Wildman–Crippen MR) is 97.5 cm³/mol. The molecule has 0 heterocycles. The molecule has 0 aromatic heterocycles. The van der Waals surface area contributed by atoms with Crippen molar-refractivity contribution in [2.75, 3.05) is 0 Å². The molecule has 0 bridgehead atoms. The van der Waals surface area contributed by atoms with Gasteiger partial charge in [0.05, 0.1) is 10.6 Å². The lowest BCUT2D eigenvalue weighted by molar-refractivity contribution is 0.474. The molecule has 0 saturated carbocycles. The molecule has 0 radical (unpaired) electrons. The highest BCUT2D eigenvalue weighted by molar-refractivity contribution is 7.86. The minimum absolute atomic E-state index is 0.0154. The second-order valence-corrected chi connectivity index (χ2v) is 8.43. The standard InChI is InChI=1S/C16H12N2O8S2/c19-11-4-2-10(3-5-11)17-18-16-13(20)6-1-9-7-12(27(21,22)23)8-14(15(9)16)28(24,25)26/h1-8,19-20H,(H,21,22,23)(H,24,25,26). The van der Waals surface area contributed by atoms with E-state index in [4.69, 9.17) is 0 Å². The molecule has 0 atom stereocenters. The number of rotatable bonds is 4. The summed E-state index contributed by atoms with van der Waals surface area (Å²) < 4.78 is 65.2. The monoisotopic (exact) mass is 424 g/mol. The number of benzene rings is 3. The van der Waals surface area contributed by atoms with E-state index >= 15 is 0 Å². The number of azo groups is 1. The van der Waals surface area contributed by atoms with Gasteiger partial charge in [-0.3, -0.25) is 9.11 Å². The van der Waals surface area contributed by atoms with Crippen molar-refractivity contribution < 1.29 is 36.2 Å². The molecule has 0 fully saturated rings. The van der Waals surface area contributed by atoms with Crippen molar-refractivity contribution in [1.82, 2.24) is 0 Å². The van der Waals surface area contributed by atoms with Gasteiger partial charge in [-0.2, -0.15) is 21.9 Å². The molecule has 4 N–H and O–H groups in total. The molecule has 28 heavy (non-hydrogen) atoms. The van der Waals surface area contributed by atoms with Crippen LogP contribution in [0.1, 0.15) is 0 Å². The maximum absolute atomic E-state index is 11.8. The summed E-state index contributed by atoms with van der Waals surface area (Å²) in [4.78, 5) is -1.65. The molecule has 0 aliphatic carbocycles. The Kier molecular flexibility index (Phi) is 4.81. The molecule has 3 aromatic rings. The van der Waals surface area contributed by atoms with Gasteiger partial charge in [-0.15, -0.1) is 5.11 Å². The van der Waals surface area contributed by atoms with Crippen molar-refractivity contribution in [3.63, 3.8) is 0 Å². The first-order valence-electron chi connectivity index (χ1n) is 7.42. The summed E-state index contributed by atoms with van der Waals surface area (Å²) in [5.74, 6) is -0.502. The maximum Gasteiger partial charge on any atom is 0.295 e. The normalized spacial score (nSPS) is 12.6. The summed E-state index contributed by atoms with van der Waals surface area (Å²) in [7, 11) is -9.74. The molecule has 0 aliphatic heterocycles. The molecule has 0 aliphatic rings. The van der Waals surface area contributed by atoms with Gasteiger partial charge in [0.1, 0.15) is 22.1 Å². The number of phenols is 2. The first-order valence-corrected chi connectivity index (χ1v) is 10.3. The van der Waals surface area contributed by atoms with E-state index in [0.717, 1.165) is 12.1 Å². The van der Waals surface area contributed by atoms with E-state index in [2.05, 4.69) is 10.2 Å². The minimum atomic E-state index is -4.96. The Morgan fingerprint density at radius 3 is 1.96 bits per heavy atom. The Morgan fingerprint density at radius 1 is 0.750 bits per heavy atom. The number of hydrogen-bond donors (Lipinski definition) is 4. The van der Waals surface area contributed by atoms with Gasteiger partial charge in [0.2, 0.25) is 0 Å². The van der Waals surface area contributed by atoms with Gasteiger partial charge in [-0.05, 0) is 47.9 Å². The zero-order valence-corrected chi connectivity index (χ0v) is 15.4. The van der Waals surface area contributed by atoms with Crippen LogP contribution >= 0.6 is 0 Å². The smallest absolute Gasteiger partial charge is 0.295 e. The highest BCUT2D eigenvalue weighted by Gasteiger charge is 2.23. The van der Waals surface area contributed by atoms with Crippen LogP contribution in [0.25, 0.3) is 10.8 Å². The van der Waals surface area contributed by atoms with Crippen LogP contribution in [0, 0.1) is 0 Å². The lowest BCUT2D eigenvalue weighted by Crippen LogP contribution is -2.04. The van der Waals surface area contributed by atoms with Gasteiger partial charge in [-0.25, -0.2) is 0 Å². The van der Waals surface area contributed by atoms with Crippen molar-refractivity contribution in [1.29, 1.82) is 0 Å². The van der Waals surface area contributed by atoms with E-state index in [-0.39, 0.29) is 27.9 Å². The van der Waals surface area contributed by atoms with Crippen LogP contribution in [0.5, 0.6) is 11.5 Å². The Hall–Kier alpha value is -3.06. The number of hydrogen-bond acceptors (Lipinski definition) is 8. The second kappa shape index (κ2) is 6.83. The average Bonchev–Trinajstić information content (AvgIpc) is 2.60. The summed E-state index contributed by atoms with van der Waals surface area (Å²) in [6.45, 7) is 0. The molecule has 10 nitrogen and oxygen atoms in total. The number of phenolic OH excluding ortho intramolecular Hbond substituents is 2. The first-order chi connectivity index (χ1) is 13.0. The van der Waals surface area contributed by atoms with Crippen LogP contribution in [0.4, 0.5) is 11.4 Å². The fourth-order valence-electron chi connectivity index (χ4n) is 2.45. The maximum atomic E-state index is 11.8. The van der Waals surface area contributed by atoms with Gasteiger partial charge in [0.25, 0.3) is 20.2 Å². The minimum Gasteiger partial charge on any atom is -0.508 e. The quantitative estimate of drug-likeness (QED) is 0.365. The van der Waals surface area contributed by atoms with E-state index in [9.17, 15) is 36.2 Å². The van der Waals surface area contributed by atoms with Crippen LogP contribution in [0.15, 0.2) is 68.6 Å². The van der Waals surface area contributed by atoms with Gasteiger partial charge >= 0.3 is 0 Å². The molecule has 0 unspecified atom stereocenters. The zero-order chi connectivity index (χ0) is 20.7. The molecule has 0 saturated heterocycles. The van der Waals surface area contributed by atoms with Crippen molar-refractivity contribution >= 4 is 42.4 Å². The summed E-state index contributed by atoms with van der Waals surface area (Å²) >= 11 is 0. The Morgan fingerprint density at radius 2 is 1.39 bits per heavy atom. The van der Waals surface area contributed by atoms with Crippen LogP contribution in [-0.2, 0) is 20.2 Å². The van der Waals surface area contributed by atoms with Crippen LogP contribution in [0.3, 0.4) is 0 Å². The van der Waals surface area contributed by atoms with Crippen molar-refractivity contribution in [2.45, 2.75) is 9.79 Å². The van der Waals surface area contributed by atoms with Crippen molar-refractivity contribution in [3.05, 3.63) is 48.5 Å². The Labute approximate surface area is 158 Å². The number of aromatic hydroxyl groups is 2. The Bertz CT molecular complexity index is 1320. The topological polar surface area (TPSA) is 174 Å². The van der Waals surface area contributed by atoms with Gasteiger partial charge < -0.3 is 10.2 Å². The molecule has 3 rings (SSSR count). The largest absolute Gasteiger partial charge is 0.508 e. The third kappa shape index (κ3) is 3.94. The Balaban J connectivity index is 2.34. The van der Waals surface area contributed by atoms with Crippen molar-refractivity contribution in [3.8, 4) is 11.5 Å². The molecule has 12 heteroatoms. The number of nitrogens with zero attached hydrogens (tertiary/aromatic N) is 2. The van der Waals surface area contributed by atoms with E-state index < -0.39 is 35.8 Å². The SMILES string of the molecule is O=S(=O)(O)c1cc(S(=O)(=O)O)c2c(N=Nc3ccc(O)cc3)c(O)ccc2c1. The fraction of sp³-hybridized carbons (Fsp3) is 0. The van der Waals surface area contributed by atoms with Gasteiger partial charge in [0.15, 0.2) is 0 Å². The summed E-state index contributed by atoms with van der Waals surface area (Å²) in [5, 5.41) is 26.7. The zero-order valence-electron chi connectivity index (χ0n) is 13.8. The number of fused-ring (bicyclic) bond motifs is 1. The van der Waals surface area contributed by atoms with Crippen LogP contribution in [0.2, 0.25) is 0 Å². The third-order valence-electron chi connectivity index (χ3n) is 3.70. The molecular formula is C16H12N2O8S2. The predicted octanol–water partition coefficient (Wildman–Crippen LogP) is 3.16. The fourth-order valence-corrected chi connectivity index (χ4v) is 3.82. The van der Waals surface area contributed by atoms with E-state index in [1.54, 1.807) is 0 Å². The van der Waals surface area contributed by atoms with Crippen LogP contribution in [-0.4, -0.2) is 36.2 Å². The highest BCUT2D eigenvalue weighted by Crippen LogP contribution is 2.40. The molecule has 0 spiro atoms. The second-order valence-electron chi connectivity index (χ2n) is 5.62. The molecular weight excluding hydrogens is 412 g/mol. The first kappa shape index (κ1) is 19.7. The van der Waals surface area contributed by atoms with Gasteiger partial charge in [0, 0.05) is 5.39 Å².